The number of amides is 2. The molecule has 0 aliphatic carbocycles. The largest absolute Gasteiger partial charge is 0.356 e. The lowest BCUT2D eigenvalue weighted by Crippen LogP contribution is -2.28. The molecule has 0 saturated heterocycles. The summed E-state index contributed by atoms with van der Waals surface area (Å²) in [6.45, 7) is 5.58. The van der Waals surface area contributed by atoms with Gasteiger partial charge < -0.3 is 15.2 Å². The van der Waals surface area contributed by atoms with E-state index in [2.05, 4.69) is 26.8 Å². The number of aryl methyl sites for hydroxylation is 1. The highest BCUT2D eigenvalue weighted by atomic mass is 16.2. The molecule has 0 aliphatic heterocycles. The summed E-state index contributed by atoms with van der Waals surface area (Å²) in [5.74, 6) is -0.0727. The predicted molar refractivity (Wildman–Crippen MR) is 95.4 cm³/mol. The Morgan fingerprint density at radius 1 is 1.00 bits per heavy atom. The van der Waals surface area contributed by atoms with E-state index in [9.17, 15) is 9.59 Å². The third-order valence-corrected chi connectivity index (χ3v) is 3.79. The molecule has 1 aromatic heterocycles. The number of imidazole rings is 1. The molecular formula is C18H30N4O2. The van der Waals surface area contributed by atoms with Crippen LogP contribution < -0.4 is 10.6 Å². The molecule has 2 N–H and O–H groups in total. The first-order chi connectivity index (χ1) is 11.7. The monoisotopic (exact) mass is 334 g/mol. The highest BCUT2D eigenvalue weighted by Gasteiger charge is 2.01. The van der Waals surface area contributed by atoms with Gasteiger partial charge >= 0.3 is 0 Å². The maximum Gasteiger partial charge on any atom is 0.243 e. The fraction of sp³-hybridized carbons (Fsp3) is 0.611. The van der Waals surface area contributed by atoms with Crippen molar-refractivity contribution in [3.8, 4) is 0 Å². The molecule has 0 bridgehead atoms. The Kier molecular flexibility index (Phi) is 11.1. The van der Waals surface area contributed by atoms with Crippen LogP contribution in [0.25, 0.3) is 0 Å². The minimum Gasteiger partial charge on any atom is -0.356 e. The molecule has 1 aromatic rings. The van der Waals surface area contributed by atoms with Gasteiger partial charge in [0.15, 0.2) is 0 Å². The van der Waals surface area contributed by atoms with E-state index in [0.29, 0.717) is 19.5 Å². The zero-order valence-electron chi connectivity index (χ0n) is 14.5. The Labute approximate surface area is 144 Å². The van der Waals surface area contributed by atoms with Crippen molar-refractivity contribution in [1.82, 2.24) is 20.2 Å². The van der Waals surface area contributed by atoms with Gasteiger partial charge in [0.2, 0.25) is 11.8 Å². The summed E-state index contributed by atoms with van der Waals surface area (Å²) in [6, 6.07) is 0. The van der Waals surface area contributed by atoms with Crippen LogP contribution in [0.15, 0.2) is 31.4 Å². The Hall–Kier alpha value is -2.11. The van der Waals surface area contributed by atoms with Crippen LogP contribution in [0.5, 0.6) is 0 Å². The summed E-state index contributed by atoms with van der Waals surface area (Å²) < 4.78 is 2.10. The van der Waals surface area contributed by atoms with Gasteiger partial charge in [-0.2, -0.15) is 0 Å². The molecule has 2 amide bonds. The Morgan fingerprint density at radius 3 is 2.42 bits per heavy atom. The normalized spacial score (nSPS) is 10.3. The Balaban J connectivity index is 1.82. The minimum absolute atomic E-state index is 0.102. The van der Waals surface area contributed by atoms with Crippen molar-refractivity contribution < 1.29 is 9.59 Å². The molecule has 0 atom stereocenters. The molecule has 0 unspecified atom stereocenters. The van der Waals surface area contributed by atoms with Crippen LogP contribution in [0.1, 0.15) is 51.4 Å². The minimum atomic E-state index is -0.175. The highest BCUT2D eigenvalue weighted by Crippen LogP contribution is 2.08. The molecule has 0 aliphatic rings. The van der Waals surface area contributed by atoms with E-state index in [1.165, 1.54) is 31.8 Å². The molecule has 134 valence electrons. The third-order valence-electron chi connectivity index (χ3n) is 3.79. The molecule has 0 radical (unpaired) electrons. The van der Waals surface area contributed by atoms with E-state index in [1.54, 1.807) is 0 Å². The number of hydrogen-bond donors (Lipinski definition) is 2. The van der Waals surface area contributed by atoms with Crippen LogP contribution >= 0.6 is 0 Å². The molecular weight excluding hydrogens is 304 g/mol. The lowest BCUT2D eigenvalue weighted by Gasteiger charge is -2.06. The molecule has 6 heteroatoms. The predicted octanol–water partition coefficient (Wildman–Crippen LogP) is 2.42. The van der Waals surface area contributed by atoms with Gasteiger partial charge in [0.1, 0.15) is 0 Å². The quantitative estimate of drug-likeness (QED) is 0.405. The van der Waals surface area contributed by atoms with Crippen LogP contribution in [0.3, 0.4) is 0 Å². The van der Waals surface area contributed by atoms with Crippen LogP contribution in [-0.2, 0) is 16.1 Å². The second-order valence-electron chi connectivity index (χ2n) is 5.87. The van der Waals surface area contributed by atoms with Crippen molar-refractivity contribution in [2.24, 2.45) is 0 Å². The molecule has 0 fully saturated rings. The van der Waals surface area contributed by atoms with Gasteiger partial charge in [-0.15, -0.1) is 0 Å². The first-order valence-corrected chi connectivity index (χ1v) is 8.85. The summed E-state index contributed by atoms with van der Waals surface area (Å²) in [5, 5.41) is 5.55. The fourth-order valence-electron chi connectivity index (χ4n) is 2.39. The number of nitrogens with one attached hydrogen (secondary N) is 2. The second kappa shape index (κ2) is 13.3. The average Bonchev–Trinajstić information content (AvgIpc) is 3.10. The standard InChI is InChI=1S/C18H30N4O2/c1-2-17(23)20-11-9-12-21-18(24)10-7-5-3-4-6-8-14-22-15-13-19-16-22/h2,13,15-16H,1,3-12,14H2,(H,20,23)(H,21,24). The summed E-state index contributed by atoms with van der Waals surface area (Å²) >= 11 is 0. The maximum atomic E-state index is 11.6. The Morgan fingerprint density at radius 2 is 1.71 bits per heavy atom. The van der Waals surface area contributed by atoms with E-state index in [-0.39, 0.29) is 11.8 Å². The van der Waals surface area contributed by atoms with Crippen molar-refractivity contribution in [2.45, 2.75) is 57.9 Å². The van der Waals surface area contributed by atoms with E-state index < -0.39 is 0 Å². The number of carbonyl (C=O) groups is 2. The fourth-order valence-corrected chi connectivity index (χ4v) is 2.39. The molecule has 0 aromatic carbocycles. The van der Waals surface area contributed by atoms with Gasteiger partial charge in [-0.05, 0) is 25.3 Å². The smallest absolute Gasteiger partial charge is 0.243 e. The van der Waals surface area contributed by atoms with E-state index >= 15 is 0 Å². The van der Waals surface area contributed by atoms with Gasteiger partial charge in [-0.1, -0.05) is 32.3 Å². The lowest BCUT2D eigenvalue weighted by molar-refractivity contribution is -0.121. The van der Waals surface area contributed by atoms with E-state index in [1.807, 2.05) is 18.7 Å². The molecule has 0 saturated carbocycles. The highest BCUT2D eigenvalue weighted by molar-refractivity contribution is 5.86. The third kappa shape index (κ3) is 10.6. The van der Waals surface area contributed by atoms with Crippen molar-refractivity contribution in [2.75, 3.05) is 13.1 Å². The zero-order valence-corrected chi connectivity index (χ0v) is 14.5. The van der Waals surface area contributed by atoms with E-state index in [4.69, 9.17) is 0 Å². The molecule has 0 spiro atoms. The van der Waals surface area contributed by atoms with Gasteiger partial charge in [0, 0.05) is 38.4 Å². The van der Waals surface area contributed by atoms with Gasteiger partial charge in [0.05, 0.1) is 6.33 Å². The van der Waals surface area contributed by atoms with E-state index in [0.717, 1.165) is 25.8 Å². The summed E-state index contributed by atoms with van der Waals surface area (Å²) in [6.07, 6.45) is 15.1. The first-order valence-electron chi connectivity index (χ1n) is 8.85. The number of carbonyl (C=O) groups excluding carboxylic acids is 2. The summed E-state index contributed by atoms with van der Waals surface area (Å²) in [5.41, 5.74) is 0. The second-order valence-corrected chi connectivity index (χ2v) is 5.87. The average molecular weight is 334 g/mol. The summed E-state index contributed by atoms with van der Waals surface area (Å²) in [7, 11) is 0. The van der Waals surface area contributed by atoms with Crippen molar-refractivity contribution in [3.63, 3.8) is 0 Å². The van der Waals surface area contributed by atoms with Gasteiger partial charge in [-0.3, -0.25) is 9.59 Å². The zero-order chi connectivity index (χ0) is 17.5. The number of unbranched alkanes of at least 4 members (excludes halogenated alkanes) is 5. The SMILES string of the molecule is C=CC(=O)NCCCNC(=O)CCCCCCCCn1ccnc1. The first kappa shape index (κ1) is 19.9. The number of aromatic nitrogens is 2. The Bertz CT molecular complexity index is 471. The van der Waals surface area contributed by atoms with Crippen molar-refractivity contribution in [1.29, 1.82) is 0 Å². The van der Waals surface area contributed by atoms with Gasteiger partial charge in [-0.25, -0.2) is 4.98 Å². The molecule has 6 nitrogen and oxygen atoms in total. The van der Waals surface area contributed by atoms with Crippen LogP contribution in [0.4, 0.5) is 0 Å². The van der Waals surface area contributed by atoms with Crippen LogP contribution in [0.2, 0.25) is 0 Å². The number of nitrogens with zero attached hydrogens (tertiary/aromatic N) is 2. The molecule has 24 heavy (non-hydrogen) atoms. The lowest BCUT2D eigenvalue weighted by atomic mass is 10.1. The van der Waals surface area contributed by atoms with Crippen molar-refractivity contribution in [3.05, 3.63) is 31.4 Å². The maximum absolute atomic E-state index is 11.6. The summed E-state index contributed by atoms with van der Waals surface area (Å²) in [4.78, 5) is 26.6. The van der Waals surface area contributed by atoms with Crippen LogP contribution in [0, 0.1) is 0 Å². The van der Waals surface area contributed by atoms with Crippen molar-refractivity contribution >= 4 is 11.8 Å². The molecule has 1 heterocycles. The topological polar surface area (TPSA) is 76.0 Å². The number of rotatable bonds is 14. The van der Waals surface area contributed by atoms with Crippen LogP contribution in [-0.4, -0.2) is 34.5 Å². The van der Waals surface area contributed by atoms with Gasteiger partial charge in [0.25, 0.3) is 0 Å². The number of hydrogen-bond acceptors (Lipinski definition) is 3. The molecule has 1 rings (SSSR count).